The summed E-state index contributed by atoms with van der Waals surface area (Å²) in [5.41, 5.74) is 10.1. The molecule has 0 saturated carbocycles. The molecule has 15 heavy (non-hydrogen) atoms. The molecule has 0 heterocycles. The van der Waals surface area contributed by atoms with Gasteiger partial charge in [0, 0.05) is 25.6 Å². The standard InChI is InChI=1S/C8H16N4O3/c1-5(4-6(10)13)12-8(15)7(14)11-3-2-9/h5H,2-4,9H2,1H3,(H2,10,13)(H,11,14)(H,12,15). The summed E-state index contributed by atoms with van der Waals surface area (Å²) >= 11 is 0. The Morgan fingerprint density at radius 1 is 1.27 bits per heavy atom. The molecule has 3 amide bonds. The number of rotatable bonds is 5. The maximum Gasteiger partial charge on any atom is 0.309 e. The number of hydrogen-bond donors (Lipinski definition) is 4. The SMILES string of the molecule is CC(CC(N)=O)NC(=O)C(=O)NCCN. The molecule has 0 aliphatic rings. The first-order valence-corrected chi connectivity index (χ1v) is 4.54. The maximum atomic E-state index is 11.1. The largest absolute Gasteiger partial charge is 0.370 e. The van der Waals surface area contributed by atoms with Gasteiger partial charge in [-0.1, -0.05) is 0 Å². The summed E-state index contributed by atoms with van der Waals surface area (Å²) in [6, 6.07) is -0.460. The average molecular weight is 216 g/mol. The number of primary amides is 1. The van der Waals surface area contributed by atoms with Gasteiger partial charge in [-0.15, -0.1) is 0 Å². The quantitative estimate of drug-likeness (QED) is 0.377. The van der Waals surface area contributed by atoms with Gasteiger partial charge in [-0.05, 0) is 6.92 Å². The maximum absolute atomic E-state index is 11.1. The van der Waals surface area contributed by atoms with Crippen molar-refractivity contribution in [3.8, 4) is 0 Å². The van der Waals surface area contributed by atoms with Crippen LogP contribution in [0.15, 0.2) is 0 Å². The smallest absolute Gasteiger partial charge is 0.309 e. The third-order valence-corrected chi connectivity index (χ3v) is 1.52. The zero-order valence-electron chi connectivity index (χ0n) is 8.58. The van der Waals surface area contributed by atoms with E-state index in [1.165, 1.54) is 0 Å². The molecule has 6 N–H and O–H groups in total. The van der Waals surface area contributed by atoms with E-state index in [1.807, 2.05) is 0 Å². The van der Waals surface area contributed by atoms with Gasteiger partial charge in [0.25, 0.3) is 0 Å². The van der Waals surface area contributed by atoms with Crippen molar-refractivity contribution in [2.45, 2.75) is 19.4 Å². The Morgan fingerprint density at radius 3 is 2.33 bits per heavy atom. The highest BCUT2D eigenvalue weighted by Crippen LogP contribution is 1.88. The van der Waals surface area contributed by atoms with Gasteiger partial charge < -0.3 is 22.1 Å². The van der Waals surface area contributed by atoms with Gasteiger partial charge in [0.05, 0.1) is 0 Å². The monoisotopic (exact) mass is 216 g/mol. The Kier molecular flexibility index (Phi) is 6.03. The minimum atomic E-state index is -0.794. The number of carbonyl (C=O) groups is 3. The number of nitrogens with two attached hydrogens (primary N) is 2. The lowest BCUT2D eigenvalue weighted by molar-refractivity contribution is -0.139. The van der Waals surface area contributed by atoms with Gasteiger partial charge in [-0.25, -0.2) is 0 Å². The molecule has 0 aromatic rings. The van der Waals surface area contributed by atoms with Crippen molar-refractivity contribution in [1.29, 1.82) is 0 Å². The number of amides is 3. The fraction of sp³-hybridized carbons (Fsp3) is 0.625. The number of carbonyl (C=O) groups excluding carboxylic acids is 3. The highest BCUT2D eigenvalue weighted by atomic mass is 16.2. The third kappa shape index (κ3) is 6.44. The second-order valence-corrected chi connectivity index (χ2v) is 3.09. The molecular weight excluding hydrogens is 200 g/mol. The Bertz CT molecular complexity index is 254. The first-order valence-electron chi connectivity index (χ1n) is 4.54. The van der Waals surface area contributed by atoms with E-state index >= 15 is 0 Å². The van der Waals surface area contributed by atoms with E-state index in [1.54, 1.807) is 6.92 Å². The lowest BCUT2D eigenvalue weighted by atomic mass is 10.2. The van der Waals surface area contributed by atoms with Crippen LogP contribution in [0, 0.1) is 0 Å². The van der Waals surface area contributed by atoms with Crippen LogP contribution in [0.25, 0.3) is 0 Å². The van der Waals surface area contributed by atoms with E-state index in [9.17, 15) is 14.4 Å². The van der Waals surface area contributed by atoms with E-state index < -0.39 is 23.8 Å². The first-order chi connectivity index (χ1) is 6.97. The second kappa shape index (κ2) is 6.77. The second-order valence-electron chi connectivity index (χ2n) is 3.09. The molecule has 1 unspecified atom stereocenters. The van der Waals surface area contributed by atoms with E-state index in [0.717, 1.165) is 0 Å². The summed E-state index contributed by atoms with van der Waals surface area (Å²) in [5, 5.41) is 4.63. The summed E-state index contributed by atoms with van der Waals surface area (Å²) in [6.07, 6.45) is -0.00406. The molecule has 0 aromatic carbocycles. The first kappa shape index (κ1) is 13.4. The third-order valence-electron chi connectivity index (χ3n) is 1.52. The molecule has 86 valence electrons. The predicted molar refractivity (Wildman–Crippen MR) is 53.5 cm³/mol. The van der Waals surface area contributed by atoms with Crippen molar-refractivity contribution < 1.29 is 14.4 Å². The van der Waals surface area contributed by atoms with Gasteiger partial charge >= 0.3 is 11.8 Å². The van der Waals surface area contributed by atoms with Crippen molar-refractivity contribution in [2.75, 3.05) is 13.1 Å². The molecule has 0 aliphatic heterocycles. The van der Waals surface area contributed by atoms with Crippen LogP contribution >= 0.6 is 0 Å². The van der Waals surface area contributed by atoms with Crippen LogP contribution in [0.3, 0.4) is 0 Å². The molecule has 0 bridgehead atoms. The van der Waals surface area contributed by atoms with Gasteiger partial charge in [0.15, 0.2) is 0 Å². The normalized spacial score (nSPS) is 11.6. The summed E-state index contributed by atoms with van der Waals surface area (Å²) < 4.78 is 0. The van der Waals surface area contributed by atoms with Gasteiger partial charge in [-0.2, -0.15) is 0 Å². The predicted octanol–water partition coefficient (Wildman–Crippen LogP) is -2.56. The highest BCUT2D eigenvalue weighted by molar-refractivity contribution is 6.35. The average Bonchev–Trinajstić information content (AvgIpc) is 2.12. The van der Waals surface area contributed by atoms with Crippen LogP contribution in [0.2, 0.25) is 0 Å². The minimum Gasteiger partial charge on any atom is -0.370 e. The molecule has 1 atom stereocenters. The molecule has 0 fully saturated rings. The van der Waals surface area contributed by atoms with Crippen LogP contribution in [-0.2, 0) is 14.4 Å². The van der Waals surface area contributed by atoms with Crippen LogP contribution in [0.5, 0.6) is 0 Å². The molecule has 0 saturated heterocycles. The summed E-state index contributed by atoms with van der Waals surface area (Å²) in [6.45, 7) is 2.07. The fourth-order valence-electron chi connectivity index (χ4n) is 0.908. The van der Waals surface area contributed by atoms with Crippen molar-refractivity contribution in [3.05, 3.63) is 0 Å². The van der Waals surface area contributed by atoms with Crippen LogP contribution in [0.1, 0.15) is 13.3 Å². The number of nitrogens with one attached hydrogen (secondary N) is 2. The molecule has 7 heteroatoms. The Morgan fingerprint density at radius 2 is 1.87 bits per heavy atom. The minimum absolute atomic E-state index is 0.00406. The van der Waals surface area contributed by atoms with Gasteiger partial charge in [-0.3, -0.25) is 14.4 Å². The summed E-state index contributed by atoms with van der Waals surface area (Å²) in [4.78, 5) is 32.6. The van der Waals surface area contributed by atoms with E-state index in [2.05, 4.69) is 10.6 Å². The van der Waals surface area contributed by atoms with Crippen molar-refractivity contribution in [3.63, 3.8) is 0 Å². The molecule has 0 rings (SSSR count). The topological polar surface area (TPSA) is 127 Å². The Balaban J connectivity index is 3.90. The lowest BCUT2D eigenvalue weighted by Crippen LogP contribution is -2.45. The Hall–Kier alpha value is -1.63. The molecule has 0 spiro atoms. The van der Waals surface area contributed by atoms with Gasteiger partial charge in [0.2, 0.25) is 5.91 Å². The van der Waals surface area contributed by atoms with Gasteiger partial charge in [0.1, 0.15) is 0 Å². The lowest BCUT2D eigenvalue weighted by Gasteiger charge is -2.11. The van der Waals surface area contributed by atoms with Crippen LogP contribution < -0.4 is 22.1 Å². The molecular formula is C8H16N4O3. The molecule has 0 aromatic heterocycles. The molecule has 7 nitrogen and oxygen atoms in total. The number of hydrogen-bond acceptors (Lipinski definition) is 4. The van der Waals surface area contributed by atoms with Crippen LogP contribution in [-0.4, -0.2) is 36.9 Å². The van der Waals surface area contributed by atoms with Crippen molar-refractivity contribution in [1.82, 2.24) is 10.6 Å². The van der Waals surface area contributed by atoms with Crippen molar-refractivity contribution in [2.24, 2.45) is 11.5 Å². The zero-order chi connectivity index (χ0) is 11.8. The molecule has 0 radical (unpaired) electrons. The summed E-state index contributed by atoms with van der Waals surface area (Å²) in [7, 11) is 0. The Labute approximate surface area is 87.6 Å². The highest BCUT2D eigenvalue weighted by Gasteiger charge is 2.16. The van der Waals surface area contributed by atoms with E-state index in [0.29, 0.717) is 0 Å². The zero-order valence-corrected chi connectivity index (χ0v) is 8.58. The van der Waals surface area contributed by atoms with Crippen LogP contribution in [0.4, 0.5) is 0 Å². The van der Waals surface area contributed by atoms with E-state index in [4.69, 9.17) is 11.5 Å². The fourth-order valence-corrected chi connectivity index (χ4v) is 0.908. The summed E-state index contributed by atoms with van der Waals surface area (Å²) in [5.74, 6) is -2.10. The van der Waals surface area contributed by atoms with Crippen molar-refractivity contribution >= 4 is 17.7 Å². The van der Waals surface area contributed by atoms with E-state index in [-0.39, 0.29) is 19.5 Å². The molecule has 0 aliphatic carbocycles.